The van der Waals surface area contributed by atoms with E-state index in [2.05, 4.69) is 18.9 Å². The monoisotopic (exact) mass is 527 g/mol. The first-order valence-electron chi connectivity index (χ1n) is 15.7. The Bertz CT molecular complexity index is 783. The summed E-state index contributed by atoms with van der Waals surface area (Å²) in [4.78, 5) is 28.1. The van der Waals surface area contributed by atoms with E-state index in [1.54, 1.807) is 0 Å². The number of carbonyl (C=O) groups excluding carboxylic acids is 2. The fraction of sp³-hybridized carbons (Fsp3) is 0.758. The van der Waals surface area contributed by atoms with E-state index in [9.17, 15) is 9.59 Å². The van der Waals surface area contributed by atoms with Crippen molar-refractivity contribution in [2.75, 3.05) is 13.7 Å². The van der Waals surface area contributed by atoms with Crippen molar-refractivity contribution in [1.82, 2.24) is 4.90 Å². The highest BCUT2D eigenvalue weighted by molar-refractivity contribution is 5.79. The van der Waals surface area contributed by atoms with Crippen LogP contribution in [-0.2, 0) is 19.1 Å². The van der Waals surface area contributed by atoms with Crippen molar-refractivity contribution in [2.24, 2.45) is 0 Å². The van der Waals surface area contributed by atoms with Gasteiger partial charge < -0.3 is 14.4 Å². The Morgan fingerprint density at radius 2 is 1.34 bits per heavy atom. The number of nitrogens with zero attached hydrogens (tertiary/aromatic N) is 1. The zero-order valence-electron chi connectivity index (χ0n) is 24.2. The van der Waals surface area contributed by atoms with Crippen molar-refractivity contribution < 1.29 is 19.1 Å². The first kappa shape index (κ1) is 30.7. The Morgan fingerprint density at radius 3 is 1.89 bits per heavy atom. The van der Waals surface area contributed by atoms with Gasteiger partial charge in [-0.25, -0.2) is 0 Å². The van der Waals surface area contributed by atoms with Crippen LogP contribution in [0.25, 0.3) is 0 Å². The van der Waals surface area contributed by atoms with Gasteiger partial charge in [-0.2, -0.15) is 0 Å². The third-order valence-corrected chi connectivity index (χ3v) is 8.72. The van der Waals surface area contributed by atoms with E-state index in [1.165, 1.54) is 83.5 Å². The molecule has 2 unspecified atom stereocenters. The average Bonchev–Trinajstić information content (AvgIpc) is 3.11. The summed E-state index contributed by atoms with van der Waals surface area (Å²) in [7, 11) is 2.18. The number of piperidine rings is 1. The summed E-state index contributed by atoms with van der Waals surface area (Å²) >= 11 is 0. The van der Waals surface area contributed by atoms with Crippen LogP contribution in [0.1, 0.15) is 134 Å². The molecule has 0 amide bonds. The molecule has 38 heavy (non-hydrogen) atoms. The summed E-state index contributed by atoms with van der Waals surface area (Å²) in [5, 5.41) is 0. The van der Waals surface area contributed by atoms with E-state index < -0.39 is 5.92 Å². The molecule has 2 aliphatic heterocycles. The second kappa shape index (κ2) is 17.7. The molecule has 3 rings (SSSR count). The van der Waals surface area contributed by atoms with Crippen LogP contribution in [0.3, 0.4) is 0 Å². The Morgan fingerprint density at radius 1 is 0.816 bits per heavy atom. The summed E-state index contributed by atoms with van der Waals surface area (Å²) in [6, 6.07) is 10.6. The summed E-state index contributed by atoms with van der Waals surface area (Å²) < 4.78 is 11.6. The van der Waals surface area contributed by atoms with Crippen molar-refractivity contribution >= 4 is 11.9 Å². The molecule has 2 saturated heterocycles. The zero-order chi connectivity index (χ0) is 27.0. The van der Waals surface area contributed by atoms with Gasteiger partial charge in [0.1, 0.15) is 18.6 Å². The minimum absolute atomic E-state index is 0.0380. The molecular formula is C33H53NO4. The molecule has 0 aromatic heterocycles. The molecule has 0 spiro atoms. The van der Waals surface area contributed by atoms with Gasteiger partial charge in [-0.3, -0.25) is 9.59 Å². The number of rotatable bonds is 19. The highest BCUT2D eigenvalue weighted by atomic mass is 16.6. The molecule has 4 atom stereocenters. The third-order valence-electron chi connectivity index (χ3n) is 8.72. The van der Waals surface area contributed by atoms with Gasteiger partial charge in [0.05, 0.1) is 0 Å². The van der Waals surface area contributed by atoms with Gasteiger partial charge in [0.25, 0.3) is 0 Å². The molecule has 1 aromatic carbocycles. The first-order chi connectivity index (χ1) is 18.6. The van der Waals surface area contributed by atoms with Crippen LogP contribution >= 0.6 is 0 Å². The number of fused-ring (bicyclic) bond motifs is 2. The van der Waals surface area contributed by atoms with Crippen molar-refractivity contribution in [1.29, 1.82) is 0 Å². The lowest BCUT2D eigenvalue weighted by atomic mass is 9.98. The first-order valence-corrected chi connectivity index (χ1v) is 15.7. The van der Waals surface area contributed by atoms with E-state index in [-0.39, 0.29) is 24.6 Å². The molecule has 2 bridgehead atoms. The maximum Gasteiger partial charge on any atom is 0.317 e. The minimum atomic E-state index is -0.566. The highest BCUT2D eigenvalue weighted by Gasteiger charge is 2.40. The number of hydrogen-bond donors (Lipinski definition) is 0. The van der Waals surface area contributed by atoms with Crippen molar-refractivity contribution in [2.45, 2.75) is 147 Å². The highest BCUT2D eigenvalue weighted by Crippen LogP contribution is 2.36. The van der Waals surface area contributed by atoms with E-state index in [1.807, 2.05) is 30.3 Å². The lowest BCUT2D eigenvalue weighted by Crippen LogP contribution is -2.44. The Labute approximate surface area is 232 Å². The van der Waals surface area contributed by atoms with E-state index >= 15 is 0 Å². The van der Waals surface area contributed by atoms with Crippen molar-refractivity contribution in [3.8, 4) is 0 Å². The maximum absolute atomic E-state index is 13.2. The largest absolute Gasteiger partial charge is 0.464 e. The summed E-state index contributed by atoms with van der Waals surface area (Å²) in [5.74, 6) is -1.04. The van der Waals surface area contributed by atoms with Crippen LogP contribution in [0.15, 0.2) is 30.3 Å². The second-order valence-corrected chi connectivity index (χ2v) is 11.7. The quantitative estimate of drug-likeness (QED) is 0.135. The summed E-state index contributed by atoms with van der Waals surface area (Å²) in [6.07, 6.45) is 21.2. The average molecular weight is 528 g/mol. The van der Waals surface area contributed by atoms with Crippen LogP contribution in [0, 0.1) is 0 Å². The van der Waals surface area contributed by atoms with Crippen LogP contribution < -0.4 is 0 Å². The number of unbranched alkanes of at least 4 members (excludes halogenated alkanes) is 12. The lowest BCUT2D eigenvalue weighted by Gasteiger charge is -2.36. The molecule has 2 fully saturated rings. The number of esters is 2. The Balaban J connectivity index is 1.29. The molecule has 0 aliphatic carbocycles. The maximum atomic E-state index is 13.2. The molecule has 0 saturated carbocycles. The second-order valence-electron chi connectivity index (χ2n) is 11.7. The zero-order valence-corrected chi connectivity index (χ0v) is 24.2. The molecule has 0 N–H and O–H groups in total. The predicted molar refractivity (Wildman–Crippen MR) is 154 cm³/mol. The van der Waals surface area contributed by atoms with E-state index in [0.717, 1.165) is 31.2 Å². The smallest absolute Gasteiger partial charge is 0.317 e. The fourth-order valence-corrected chi connectivity index (χ4v) is 6.23. The Hall–Kier alpha value is -1.88. The van der Waals surface area contributed by atoms with Gasteiger partial charge in [-0.15, -0.1) is 0 Å². The molecule has 2 heterocycles. The number of benzene rings is 1. The topological polar surface area (TPSA) is 55.8 Å². The van der Waals surface area contributed by atoms with Gasteiger partial charge in [-0.05, 0) is 44.7 Å². The molecule has 214 valence electrons. The van der Waals surface area contributed by atoms with Crippen LogP contribution in [0.5, 0.6) is 0 Å². The van der Waals surface area contributed by atoms with E-state index in [4.69, 9.17) is 9.47 Å². The molecular weight excluding hydrogens is 474 g/mol. The van der Waals surface area contributed by atoms with Gasteiger partial charge >= 0.3 is 11.9 Å². The normalized spacial score (nSPS) is 21.8. The molecule has 0 radical (unpaired) electrons. The number of ether oxygens (including phenoxy) is 2. The van der Waals surface area contributed by atoms with Gasteiger partial charge in [-0.1, -0.05) is 114 Å². The van der Waals surface area contributed by atoms with Gasteiger partial charge in [0.15, 0.2) is 0 Å². The van der Waals surface area contributed by atoms with Gasteiger partial charge in [0.2, 0.25) is 0 Å². The number of hydrogen-bond acceptors (Lipinski definition) is 5. The Kier molecular flexibility index (Phi) is 14.2. The van der Waals surface area contributed by atoms with Crippen molar-refractivity contribution in [3.05, 3.63) is 35.9 Å². The molecule has 5 heteroatoms. The van der Waals surface area contributed by atoms with E-state index in [0.29, 0.717) is 18.5 Å². The number of carbonyl (C=O) groups is 2. The van der Waals surface area contributed by atoms with Crippen molar-refractivity contribution in [3.63, 3.8) is 0 Å². The summed E-state index contributed by atoms with van der Waals surface area (Å²) in [5.41, 5.74) is 0.849. The lowest BCUT2D eigenvalue weighted by molar-refractivity contribution is -0.158. The summed E-state index contributed by atoms with van der Waals surface area (Å²) in [6.45, 7) is 2.32. The van der Waals surface area contributed by atoms with Crippen LogP contribution in [0.4, 0.5) is 0 Å². The predicted octanol–water partition coefficient (Wildman–Crippen LogP) is 7.96. The minimum Gasteiger partial charge on any atom is -0.464 e. The molecule has 2 aliphatic rings. The molecule has 1 aromatic rings. The van der Waals surface area contributed by atoms with Crippen LogP contribution in [-0.4, -0.2) is 48.7 Å². The van der Waals surface area contributed by atoms with Crippen LogP contribution in [0.2, 0.25) is 0 Å². The third kappa shape index (κ3) is 10.7. The fourth-order valence-electron chi connectivity index (χ4n) is 6.23. The van der Waals surface area contributed by atoms with Gasteiger partial charge in [0, 0.05) is 18.5 Å². The standard InChI is InChI=1S/C33H53NO4/c1-3-4-5-6-7-8-9-10-11-12-13-14-18-21-32(35)37-26-31(27-19-16-15-17-20-27)33(36)38-30-24-28-22-23-29(25-30)34(28)2/h15-17,19-20,28-31H,3-14,18,21-26H2,1-2H3/t28-,29+,30?,31?. The SMILES string of the molecule is CCCCCCCCCCCCCCCC(=O)OCC(C(=O)OC1C[C@H]2CC[C@@H](C1)N2C)c1ccccc1. The molecule has 5 nitrogen and oxygen atoms in total.